The highest BCUT2D eigenvalue weighted by molar-refractivity contribution is 5.95. The van der Waals surface area contributed by atoms with E-state index >= 15 is 0 Å². The summed E-state index contributed by atoms with van der Waals surface area (Å²) in [6.45, 7) is 5.65. The number of carbonyl (C=O) groups is 1. The molecule has 1 amide bonds. The summed E-state index contributed by atoms with van der Waals surface area (Å²) in [5.74, 6) is 0.598. The van der Waals surface area contributed by atoms with E-state index in [1.165, 1.54) is 0 Å². The van der Waals surface area contributed by atoms with E-state index in [4.69, 9.17) is 9.37 Å². The lowest BCUT2D eigenvalue weighted by atomic mass is 10.1. The molecule has 1 unspecified atom stereocenters. The van der Waals surface area contributed by atoms with Crippen molar-refractivity contribution in [2.45, 2.75) is 26.9 Å². The van der Waals surface area contributed by atoms with E-state index in [9.17, 15) is 4.79 Å². The van der Waals surface area contributed by atoms with E-state index in [2.05, 4.69) is 15.6 Å². The van der Waals surface area contributed by atoms with Gasteiger partial charge in [0.25, 0.3) is 5.91 Å². The predicted molar refractivity (Wildman–Crippen MR) is 94.4 cm³/mol. The van der Waals surface area contributed by atoms with Crippen LogP contribution in [0.2, 0.25) is 0 Å². The lowest BCUT2D eigenvalue weighted by Crippen LogP contribution is -2.30. The summed E-state index contributed by atoms with van der Waals surface area (Å²) in [5, 5.41) is 10.3. The number of ether oxygens (including phenoxy) is 1. The zero-order chi connectivity index (χ0) is 17.8. The molecule has 2 aromatic carbocycles. The second kappa shape index (κ2) is 7.17. The quantitative estimate of drug-likeness (QED) is 0.767. The maximum absolute atomic E-state index is 12.4. The van der Waals surface area contributed by atoms with Crippen LogP contribution in [0.25, 0.3) is 11.3 Å². The minimum Gasteiger partial charge on any atom is -0.481 e. The molecule has 0 saturated carbocycles. The molecule has 0 radical (unpaired) electrons. The van der Waals surface area contributed by atoms with Gasteiger partial charge in [0, 0.05) is 5.56 Å². The molecule has 25 heavy (non-hydrogen) atoms. The van der Waals surface area contributed by atoms with E-state index in [1.54, 1.807) is 6.92 Å². The molecule has 128 valence electrons. The Hall–Kier alpha value is -3.15. The molecule has 6 nitrogen and oxygen atoms in total. The number of carbonyl (C=O) groups excluding carboxylic acids is 1. The van der Waals surface area contributed by atoms with Crippen LogP contribution in [0, 0.1) is 13.8 Å². The summed E-state index contributed by atoms with van der Waals surface area (Å²) in [6, 6.07) is 15.2. The summed E-state index contributed by atoms with van der Waals surface area (Å²) in [7, 11) is 0. The summed E-state index contributed by atoms with van der Waals surface area (Å²) in [5.41, 5.74) is 3.44. The smallest absolute Gasteiger partial charge is 0.266 e. The second-order valence-electron chi connectivity index (χ2n) is 5.90. The first kappa shape index (κ1) is 16.7. The SMILES string of the molecule is Cc1cc(C)cc(OC(C)C(=O)Nc2nonc2-c2ccccc2)c1. The van der Waals surface area contributed by atoms with Crippen LogP contribution in [0.3, 0.4) is 0 Å². The third kappa shape index (κ3) is 4.03. The molecule has 0 aliphatic rings. The van der Waals surface area contributed by atoms with Crippen molar-refractivity contribution in [3.8, 4) is 17.0 Å². The van der Waals surface area contributed by atoms with Gasteiger partial charge < -0.3 is 10.1 Å². The van der Waals surface area contributed by atoms with Crippen LogP contribution >= 0.6 is 0 Å². The molecule has 0 bridgehead atoms. The largest absolute Gasteiger partial charge is 0.481 e. The van der Waals surface area contributed by atoms with Gasteiger partial charge >= 0.3 is 0 Å². The maximum atomic E-state index is 12.4. The molecule has 0 fully saturated rings. The number of nitrogens with one attached hydrogen (secondary N) is 1. The summed E-state index contributed by atoms with van der Waals surface area (Å²) in [6.07, 6.45) is -0.693. The van der Waals surface area contributed by atoms with Crippen molar-refractivity contribution in [1.29, 1.82) is 0 Å². The summed E-state index contributed by atoms with van der Waals surface area (Å²) < 4.78 is 10.5. The Labute approximate surface area is 145 Å². The number of amides is 1. The van der Waals surface area contributed by atoms with Crippen molar-refractivity contribution in [2.75, 3.05) is 5.32 Å². The lowest BCUT2D eigenvalue weighted by Gasteiger charge is -2.15. The number of aromatic nitrogens is 2. The average molecular weight is 337 g/mol. The lowest BCUT2D eigenvalue weighted by molar-refractivity contribution is -0.122. The maximum Gasteiger partial charge on any atom is 0.266 e. The van der Waals surface area contributed by atoms with Crippen LogP contribution in [-0.2, 0) is 4.79 Å². The topological polar surface area (TPSA) is 77.2 Å². The third-order valence-electron chi connectivity index (χ3n) is 3.65. The fourth-order valence-electron chi connectivity index (χ4n) is 2.53. The monoisotopic (exact) mass is 337 g/mol. The Morgan fingerprint density at radius 1 is 1.08 bits per heavy atom. The Morgan fingerprint density at radius 3 is 2.44 bits per heavy atom. The molecule has 6 heteroatoms. The van der Waals surface area contributed by atoms with Gasteiger partial charge in [-0.15, -0.1) is 0 Å². The zero-order valence-corrected chi connectivity index (χ0v) is 14.3. The first-order valence-electron chi connectivity index (χ1n) is 7.97. The summed E-state index contributed by atoms with van der Waals surface area (Å²) >= 11 is 0. The van der Waals surface area contributed by atoms with E-state index in [1.807, 2.05) is 62.4 Å². The molecule has 1 aromatic heterocycles. The third-order valence-corrected chi connectivity index (χ3v) is 3.65. The summed E-state index contributed by atoms with van der Waals surface area (Å²) in [4.78, 5) is 12.4. The van der Waals surface area contributed by atoms with Gasteiger partial charge in [-0.3, -0.25) is 4.79 Å². The Morgan fingerprint density at radius 2 is 1.76 bits per heavy atom. The molecule has 3 aromatic rings. The van der Waals surface area contributed by atoms with E-state index < -0.39 is 6.10 Å². The molecule has 0 spiro atoms. The van der Waals surface area contributed by atoms with Gasteiger partial charge in [0.2, 0.25) is 5.82 Å². The molecule has 1 atom stereocenters. The van der Waals surface area contributed by atoms with Crippen LogP contribution in [0.15, 0.2) is 53.2 Å². The molecule has 1 N–H and O–H groups in total. The van der Waals surface area contributed by atoms with Gasteiger partial charge in [-0.1, -0.05) is 36.4 Å². The van der Waals surface area contributed by atoms with Crippen LogP contribution in [0.1, 0.15) is 18.1 Å². The standard InChI is InChI=1S/C19H19N3O3/c1-12-9-13(2)11-16(10-12)24-14(3)19(23)20-18-17(21-25-22-18)15-7-5-4-6-8-15/h4-11,14H,1-3H3,(H,20,22,23). The van der Waals surface area contributed by atoms with Crippen molar-refractivity contribution in [3.05, 3.63) is 59.7 Å². The number of hydrogen-bond acceptors (Lipinski definition) is 5. The van der Waals surface area contributed by atoms with Crippen molar-refractivity contribution < 1.29 is 14.2 Å². The highest BCUT2D eigenvalue weighted by Crippen LogP contribution is 2.24. The predicted octanol–water partition coefficient (Wildman–Crippen LogP) is 3.76. The van der Waals surface area contributed by atoms with Crippen molar-refractivity contribution in [1.82, 2.24) is 10.3 Å². The highest BCUT2D eigenvalue weighted by atomic mass is 16.6. The first-order valence-corrected chi connectivity index (χ1v) is 7.97. The van der Waals surface area contributed by atoms with Crippen LogP contribution in [-0.4, -0.2) is 22.3 Å². The van der Waals surface area contributed by atoms with Gasteiger partial charge in [0.1, 0.15) is 5.75 Å². The number of aryl methyl sites for hydroxylation is 2. The van der Waals surface area contributed by atoms with E-state index in [0.717, 1.165) is 16.7 Å². The fraction of sp³-hybridized carbons (Fsp3) is 0.211. The van der Waals surface area contributed by atoms with E-state index in [-0.39, 0.29) is 11.7 Å². The van der Waals surface area contributed by atoms with Crippen LogP contribution in [0.4, 0.5) is 5.82 Å². The number of anilines is 1. The average Bonchev–Trinajstić information content (AvgIpc) is 3.02. The highest BCUT2D eigenvalue weighted by Gasteiger charge is 2.20. The van der Waals surface area contributed by atoms with Crippen molar-refractivity contribution >= 4 is 11.7 Å². The van der Waals surface area contributed by atoms with Crippen molar-refractivity contribution in [3.63, 3.8) is 0 Å². The van der Waals surface area contributed by atoms with Gasteiger partial charge in [-0.2, -0.15) is 0 Å². The van der Waals surface area contributed by atoms with Gasteiger partial charge in [-0.05, 0) is 54.3 Å². The molecule has 1 heterocycles. The Bertz CT molecular complexity index is 854. The van der Waals surface area contributed by atoms with Gasteiger partial charge in [0.15, 0.2) is 11.8 Å². The number of nitrogens with zero attached hydrogens (tertiary/aromatic N) is 2. The van der Waals surface area contributed by atoms with Gasteiger partial charge in [0.05, 0.1) is 0 Å². The van der Waals surface area contributed by atoms with Crippen LogP contribution in [0.5, 0.6) is 5.75 Å². The number of hydrogen-bond donors (Lipinski definition) is 1. The minimum atomic E-state index is -0.693. The molecule has 0 aliphatic heterocycles. The van der Waals surface area contributed by atoms with Crippen LogP contribution < -0.4 is 10.1 Å². The second-order valence-corrected chi connectivity index (χ2v) is 5.90. The number of rotatable bonds is 5. The molecule has 3 rings (SSSR count). The molecular weight excluding hydrogens is 318 g/mol. The number of benzene rings is 2. The van der Waals surface area contributed by atoms with Crippen molar-refractivity contribution in [2.24, 2.45) is 0 Å². The fourth-order valence-corrected chi connectivity index (χ4v) is 2.53. The van der Waals surface area contributed by atoms with Gasteiger partial charge in [-0.25, -0.2) is 4.63 Å². The Balaban J connectivity index is 1.71. The van der Waals surface area contributed by atoms with E-state index in [0.29, 0.717) is 11.4 Å². The first-order chi connectivity index (χ1) is 12.0. The molecular formula is C19H19N3O3. The Kier molecular flexibility index (Phi) is 4.79. The molecule has 0 aliphatic carbocycles. The molecule has 0 saturated heterocycles. The zero-order valence-electron chi connectivity index (χ0n) is 14.3. The normalized spacial score (nSPS) is 11.8. The minimum absolute atomic E-state index is 0.270.